The van der Waals surface area contributed by atoms with Crippen molar-refractivity contribution in [2.45, 2.75) is 58.3 Å². The highest BCUT2D eigenvalue weighted by Gasteiger charge is 2.29. The molecule has 0 saturated heterocycles. The Hall–Kier alpha value is -0.313. The lowest BCUT2D eigenvalue weighted by molar-refractivity contribution is -0.150. The summed E-state index contributed by atoms with van der Waals surface area (Å²) in [6, 6.07) is 1.08. The van der Waals surface area contributed by atoms with Crippen LogP contribution in [-0.2, 0) is 9.53 Å². The average Bonchev–Trinajstić information content (AvgIpc) is 2.16. The number of carbonyl (C=O) groups excluding carboxylic acids is 1. The number of carbonyl (C=O) groups is 1. The lowest BCUT2D eigenvalue weighted by Gasteiger charge is -2.27. The monoisotopic (exact) mass is 242 g/mol. The Morgan fingerprint density at radius 2 is 1.88 bits per heavy atom. The summed E-state index contributed by atoms with van der Waals surface area (Å²) in [6.07, 6.45) is 4.69. The average molecular weight is 242 g/mol. The van der Waals surface area contributed by atoms with E-state index in [0.717, 1.165) is 12.5 Å². The second-order valence-corrected chi connectivity index (χ2v) is 12.0. The quantitative estimate of drug-likeness (QED) is 0.555. The first kappa shape index (κ1) is 13.8. The zero-order valence-corrected chi connectivity index (χ0v) is 12.2. The van der Waals surface area contributed by atoms with E-state index in [1.54, 1.807) is 0 Å². The highest BCUT2D eigenvalue weighted by molar-refractivity contribution is 6.76. The summed E-state index contributed by atoms with van der Waals surface area (Å²) >= 11 is 0. The lowest BCUT2D eigenvalue weighted by atomic mass is 9.80. The summed E-state index contributed by atoms with van der Waals surface area (Å²) in [4.78, 5) is 11.9. The molecule has 0 aliphatic heterocycles. The van der Waals surface area contributed by atoms with Crippen LogP contribution in [0.5, 0.6) is 0 Å². The minimum Gasteiger partial charge on any atom is -0.466 e. The van der Waals surface area contributed by atoms with Crippen molar-refractivity contribution in [2.75, 3.05) is 6.61 Å². The molecule has 0 unspecified atom stereocenters. The van der Waals surface area contributed by atoms with Crippen LogP contribution in [-0.4, -0.2) is 20.7 Å². The number of esters is 1. The fraction of sp³-hybridized carbons (Fsp3) is 0.923. The van der Waals surface area contributed by atoms with Crippen LogP contribution in [0, 0.1) is 11.8 Å². The number of hydrogen-bond donors (Lipinski definition) is 0. The molecule has 1 fully saturated rings. The van der Waals surface area contributed by atoms with Crippen LogP contribution in [0.1, 0.15) is 32.6 Å². The Bertz CT molecular complexity index is 233. The van der Waals surface area contributed by atoms with E-state index in [0.29, 0.717) is 12.5 Å². The van der Waals surface area contributed by atoms with Gasteiger partial charge < -0.3 is 4.74 Å². The zero-order valence-electron chi connectivity index (χ0n) is 11.2. The summed E-state index contributed by atoms with van der Waals surface area (Å²) < 4.78 is 5.42. The minimum absolute atomic E-state index is 0.0606. The Morgan fingerprint density at radius 1 is 1.25 bits per heavy atom. The van der Waals surface area contributed by atoms with Crippen LogP contribution in [0.3, 0.4) is 0 Å². The third-order valence-electron chi connectivity index (χ3n) is 3.51. The van der Waals surface area contributed by atoms with Gasteiger partial charge in [0.2, 0.25) is 0 Å². The normalized spacial score (nSPS) is 26.5. The highest BCUT2D eigenvalue weighted by atomic mass is 28.3. The van der Waals surface area contributed by atoms with Gasteiger partial charge >= 0.3 is 5.97 Å². The van der Waals surface area contributed by atoms with E-state index in [-0.39, 0.29) is 11.9 Å². The summed E-state index contributed by atoms with van der Waals surface area (Å²) in [5.41, 5.74) is 0. The summed E-state index contributed by atoms with van der Waals surface area (Å²) in [5, 5.41) is 0. The van der Waals surface area contributed by atoms with E-state index in [4.69, 9.17) is 4.74 Å². The van der Waals surface area contributed by atoms with Gasteiger partial charge in [-0.25, -0.2) is 0 Å². The molecule has 2 nitrogen and oxygen atoms in total. The molecule has 16 heavy (non-hydrogen) atoms. The van der Waals surface area contributed by atoms with E-state index in [2.05, 4.69) is 26.6 Å². The molecule has 1 aliphatic carbocycles. The molecular weight excluding hydrogens is 216 g/mol. The Morgan fingerprint density at radius 3 is 2.44 bits per heavy atom. The number of hydrogen-bond acceptors (Lipinski definition) is 2. The second-order valence-electron chi connectivity index (χ2n) is 6.35. The fourth-order valence-corrected chi connectivity index (χ4v) is 2.95. The first-order chi connectivity index (χ1) is 7.40. The second kappa shape index (κ2) is 5.85. The molecule has 3 heteroatoms. The van der Waals surface area contributed by atoms with E-state index in [1.165, 1.54) is 19.3 Å². The van der Waals surface area contributed by atoms with Gasteiger partial charge in [-0.3, -0.25) is 4.79 Å². The summed E-state index contributed by atoms with van der Waals surface area (Å²) in [6.45, 7) is 9.75. The highest BCUT2D eigenvalue weighted by Crippen LogP contribution is 2.30. The molecule has 1 saturated carbocycles. The fourth-order valence-electron chi connectivity index (χ4n) is 2.23. The molecule has 1 rings (SSSR count). The predicted octanol–water partition coefficient (Wildman–Crippen LogP) is 3.69. The smallest absolute Gasteiger partial charge is 0.309 e. The van der Waals surface area contributed by atoms with Gasteiger partial charge in [-0.15, -0.1) is 0 Å². The molecule has 0 radical (unpaired) electrons. The largest absolute Gasteiger partial charge is 0.466 e. The standard InChI is InChI=1S/C13H26O2Si/c1-11-7-5-6-8-12(11)13(14)15-9-10-16(2,3)4/h11-12H,5-10H2,1-4H3/t11-,12-/m1/s1. The first-order valence-corrected chi connectivity index (χ1v) is 10.3. The molecule has 1 aliphatic rings. The van der Waals surface area contributed by atoms with Gasteiger partial charge in [-0.2, -0.15) is 0 Å². The van der Waals surface area contributed by atoms with Crippen molar-refractivity contribution in [3.8, 4) is 0 Å². The van der Waals surface area contributed by atoms with Gasteiger partial charge in [0, 0.05) is 8.07 Å². The van der Waals surface area contributed by atoms with Crippen molar-refractivity contribution in [2.24, 2.45) is 11.8 Å². The van der Waals surface area contributed by atoms with Crippen LogP contribution >= 0.6 is 0 Å². The van der Waals surface area contributed by atoms with E-state index < -0.39 is 8.07 Å². The molecule has 0 heterocycles. The summed E-state index contributed by atoms with van der Waals surface area (Å²) in [7, 11) is -1.07. The van der Waals surface area contributed by atoms with Crippen molar-refractivity contribution in [3.63, 3.8) is 0 Å². The van der Waals surface area contributed by atoms with Crippen molar-refractivity contribution in [1.29, 1.82) is 0 Å². The zero-order chi connectivity index (χ0) is 12.2. The van der Waals surface area contributed by atoms with Crippen LogP contribution in [0.2, 0.25) is 25.7 Å². The number of ether oxygens (including phenoxy) is 1. The molecule has 0 bridgehead atoms. The first-order valence-electron chi connectivity index (χ1n) is 6.57. The molecule has 94 valence electrons. The van der Waals surface area contributed by atoms with Gasteiger partial charge in [0.15, 0.2) is 0 Å². The summed E-state index contributed by atoms with van der Waals surface area (Å²) in [5.74, 6) is 0.758. The van der Waals surface area contributed by atoms with Crippen molar-refractivity contribution >= 4 is 14.0 Å². The molecule has 0 aromatic carbocycles. The van der Waals surface area contributed by atoms with Crippen LogP contribution in [0.25, 0.3) is 0 Å². The van der Waals surface area contributed by atoms with E-state index in [1.807, 2.05) is 0 Å². The molecular formula is C13H26O2Si. The van der Waals surface area contributed by atoms with Gasteiger partial charge in [0.05, 0.1) is 12.5 Å². The lowest BCUT2D eigenvalue weighted by Crippen LogP contribution is -2.29. The molecule has 2 atom stereocenters. The van der Waals surface area contributed by atoms with Gasteiger partial charge in [-0.1, -0.05) is 39.4 Å². The van der Waals surface area contributed by atoms with Gasteiger partial charge in [0.25, 0.3) is 0 Å². The third kappa shape index (κ3) is 4.68. The van der Waals surface area contributed by atoms with E-state index in [9.17, 15) is 4.79 Å². The third-order valence-corrected chi connectivity index (χ3v) is 5.21. The van der Waals surface area contributed by atoms with Crippen molar-refractivity contribution < 1.29 is 9.53 Å². The maximum absolute atomic E-state index is 11.9. The molecule has 0 aromatic rings. The SMILES string of the molecule is C[C@@H]1CCCC[C@H]1C(=O)OCC[Si](C)(C)C. The molecule has 0 amide bonds. The Labute approximate surface area is 101 Å². The maximum Gasteiger partial charge on any atom is 0.309 e. The number of rotatable bonds is 4. The van der Waals surface area contributed by atoms with Crippen molar-refractivity contribution in [1.82, 2.24) is 0 Å². The molecule has 0 spiro atoms. The van der Waals surface area contributed by atoms with Gasteiger partial charge in [0.1, 0.15) is 0 Å². The minimum atomic E-state index is -1.07. The Kier molecular flexibility index (Phi) is 5.03. The molecule has 0 N–H and O–H groups in total. The Balaban J connectivity index is 2.29. The predicted molar refractivity (Wildman–Crippen MR) is 70.2 cm³/mol. The van der Waals surface area contributed by atoms with Crippen LogP contribution < -0.4 is 0 Å². The van der Waals surface area contributed by atoms with Crippen LogP contribution in [0.15, 0.2) is 0 Å². The van der Waals surface area contributed by atoms with E-state index >= 15 is 0 Å². The van der Waals surface area contributed by atoms with Gasteiger partial charge in [-0.05, 0) is 24.8 Å². The molecule has 0 aromatic heterocycles. The topological polar surface area (TPSA) is 26.3 Å². The maximum atomic E-state index is 11.9. The van der Waals surface area contributed by atoms with Crippen molar-refractivity contribution in [3.05, 3.63) is 0 Å². The van der Waals surface area contributed by atoms with Crippen LogP contribution in [0.4, 0.5) is 0 Å².